The van der Waals surface area contributed by atoms with Crippen LogP contribution in [0.15, 0.2) is 0 Å². The van der Waals surface area contributed by atoms with Crippen molar-refractivity contribution in [3.8, 4) is 0 Å². The van der Waals surface area contributed by atoms with Crippen molar-refractivity contribution >= 4 is 11.7 Å². The van der Waals surface area contributed by atoms with Gasteiger partial charge >= 0.3 is 0 Å². The number of aliphatic hydroxyl groups excluding tert-OH is 5. The van der Waals surface area contributed by atoms with Crippen LogP contribution >= 0.6 is 0 Å². The van der Waals surface area contributed by atoms with Crippen LogP contribution in [0, 0.1) is 0 Å². The van der Waals surface area contributed by atoms with Crippen molar-refractivity contribution in [3.05, 3.63) is 0 Å². The predicted molar refractivity (Wildman–Crippen MR) is 45.3 cm³/mol. The van der Waals surface area contributed by atoms with Crippen molar-refractivity contribution in [2.24, 2.45) is 5.73 Å². The van der Waals surface area contributed by atoms with E-state index in [1.165, 1.54) is 0 Å². The van der Waals surface area contributed by atoms with Crippen LogP contribution < -0.4 is 5.73 Å². The molecule has 0 aliphatic heterocycles. The lowest BCUT2D eigenvalue weighted by molar-refractivity contribution is -0.153. The number of rotatable bonds is 6. The van der Waals surface area contributed by atoms with E-state index in [2.05, 4.69) is 5.73 Å². The Kier molecular flexibility index (Phi) is 5.33. The largest absolute Gasteiger partial charge is 0.394 e. The summed E-state index contributed by atoms with van der Waals surface area (Å²) in [7, 11) is 0. The molecule has 0 aromatic carbocycles. The Balaban J connectivity index is 4.50. The number of hydrogen-bond donors (Lipinski definition) is 6. The highest BCUT2D eigenvalue weighted by molar-refractivity contribution is 6.37. The van der Waals surface area contributed by atoms with Gasteiger partial charge in [0.25, 0.3) is 11.7 Å². The van der Waals surface area contributed by atoms with Gasteiger partial charge in [0.1, 0.15) is 18.3 Å². The quantitative estimate of drug-likeness (QED) is 0.247. The lowest BCUT2D eigenvalue weighted by atomic mass is 10.0. The van der Waals surface area contributed by atoms with Crippen molar-refractivity contribution in [2.75, 3.05) is 6.61 Å². The first kappa shape index (κ1) is 13.9. The van der Waals surface area contributed by atoms with Crippen LogP contribution in [0.4, 0.5) is 0 Å². The average Bonchev–Trinajstić information content (AvgIpc) is 2.23. The fourth-order valence-electron chi connectivity index (χ4n) is 0.823. The van der Waals surface area contributed by atoms with E-state index in [-0.39, 0.29) is 0 Å². The van der Waals surface area contributed by atoms with Gasteiger partial charge in [-0.1, -0.05) is 0 Å². The van der Waals surface area contributed by atoms with Gasteiger partial charge in [-0.05, 0) is 0 Å². The minimum absolute atomic E-state index is 0.879. The molecule has 1 amide bonds. The van der Waals surface area contributed by atoms with Gasteiger partial charge in [0.05, 0.1) is 6.61 Å². The van der Waals surface area contributed by atoms with Gasteiger partial charge in [0.2, 0.25) is 0 Å². The lowest BCUT2D eigenvalue weighted by Crippen LogP contribution is -2.51. The molecular weight excluding hydrogens is 210 g/mol. The number of hydrogen-bond acceptors (Lipinski definition) is 7. The molecule has 0 aliphatic carbocycles. The molecule has 0 aliphatic rings. The molecule has 7 N–H and O–H groups in total. The molecule has 0 bridgehead atoms. The number of nitrogens with two attached hydrogens (primary N) is 1. The van der Waals surface area contributed by atoms with Gasteiger partial charge in [-0.2, -0.15) is 0 Å². The molecule has 0 fully saturated rings. The third-order valence-electron chi connectivity index (χ3n) is 1.77. The fourth-order valence-corrected chi connectivity index (χ4v) is 0.823. The van der Waals surface area contributed by atoms with E-state index in [0.29, 0.717) is 0 Å². The molecule has 0 rings (SSSR count). The molecule has 0 saturated heterocycles. The van der Waals surface area contributed by atoms with Gasteiger partial charge in [-0.25, -0.2) is 0 Å². The van der Waals surface area contributed by atoms with Gasteiger partial charge in [0, 0.05) is 0 Å². The summed E-state index contributed by atoms with van der Waals surface area (Å²) in [5, 5.41) is 44.5. The second-order valence-electron chi connectivity index (χ2n) is 2.90. The molecular formula is C7H13NO7. The van der Waals surface area contributed by atoms with E-state index in [4.69, 9.17) is 25.5 Å². The number of primary amides is 1. The van der Waals surface area contributed by atoms with Crippen LogP contribution in [0.3, 0.4) is 0 Å². The standard InChI is InChI=1S/C7H13NO7/c8-7(15)6(14)5(13)4(12)3(11)2(10)1-9/h2-5,9-13H,1H2,(H2,8,15)/t2-,3-,4+,5-/m1/s1. The van der Waals surface area contributed by atoms with Gasteiger partial charge in [-0.15, -0.1) is 0 Å². The molecule has 0 aromatic rings. The Morgan fingerprint density at radius 1 is 1.07 bits per heavy atom. The maximum atomic E-state index is 10.8. The first-order chi connectivity index (χ1) is 6.82. The smallest absolute Gasteiger partial charge is 0.287 e. The summed E-state index contributed by atoms with van der Waals surface area (Å²) < 4.78 is 0. The van der Waals surface area contributed by atoms with Crippen molar-refractivity contribution in [3.63, 3.8) is 0 Å². The Morgan fingerprint density at radius 3 is 1.87 bits per heavy atom. The fraction of sp³-hybridized carbons (Fsp3) is 0.714. The van der Waals surface area contributed by atoms with Crippen molar-refractivity contribution in [1.82, 2.24) is 0 Å². The summed E-state index contributed by atoms with van der Waals surface area (Å²) in [6, 6.07) is 0. The van der Waals surface area contributed by atoms with E-state index in [0.717, 1.165) is 0 Å². The third kappa shape index (κ3) is 3.53. The SMILES string of the molecule is NC(=O)C(=O)[C@H](O)[C@@H](O)[C@H](O)[C@H](O)CO. The molecule has 0 unspecified atom stereocenters. The van der Waals surface area contributed by atoms with E-state index in [9.17, 15) is 9.59 Å². The second kappa shape index (κ2) is 5.73. The molecule has 0 radical (unpaired) electrons. The molecule has 8 heteroatoms. The zero-order chi connectivity index (χ0) is 12.2. The number of aliphatic hydroxyl groups is 5. The lowest BCUT2D eigenvalue weighted by Gasteiger charge is -2.23. The minimum Gasteiger partial charge on any atom is -0.394 e. The maximum Gasteiger partial charge on any atom is 0.287 e. The molecule has 0 spiro atoms. The second-order valence-corrected chi connectivity index (χ2v) is 2.90. The Hall–Kier alpha value is -1.06. The summed E-state index contributed by atoms with van der Waals surface area (Å²) in [5.41, 5.74) is 4.53. The number of Topliss-reactive ketones (excluding diaryl/α,β-unsaturated/α-hetero) is 1. The summed E-state index contributed by atoms with van der Waals surface area (Å²) in [6.07, 6.45) is -8.05. The number of amides is 1. The summed E-state index contributed by atoms with van der Waals surface area (Å²) in [4.78, 5) is 21.1. The summed E-state index contributed by atoms with van der Waals surface area (Å²) in [6.45, 7) is -0.879. The summed E-state index contributed by atoms with van der Waals surface area (Å²) in [5.74, 6) is -2.97. The van der Waals surface area contributed by atoms with Gasteiger partial charge in [0.15, 0.2) is 6.10 Å². The van der Waals surface area contributed by atoms with Crippen LogP contribution in [-0.4, -0.2) is 68.2 Å². The molecule has 0 saturated carbocycles. The van der Waals surface area contributed by atoms with Crippen molar-refractivity contribution in [2.45, 2.75) is 24.4 Å². The number of ketones is 1. The number of carbonyl (C=O) groups excluding carboxylic acids is 2. The topological polar surface area (TPSA) is 161 Å². The first-order valence-electron chi connectivity index (χ1n) is 3.99. The van der Waals surface area contributed by atoms with Crippen LogP contribution in [0.25, 0.3) is 0 Å². The van der Waals surface area contributed by atoms with Gasteiger partial charge in [-0.3, -0.25) is 9.59 Å². The summed E-state index contributed by atoms with van der Waals surface area (Å²) >= 11 is 0. The van der Waals surface area contributed by atoms with E-state index >= 15 is 0 Å². The van der Waals surface area contributed by atoms with Crippen LogP contribution in [-0.2, 0) is 9.59 Å². The Bertz CT molecular complexity index is 243. The van der Waals surface area contributed by atoms with Crippen molar-refractivity contribution < 1.29 is 35.1 Å². The molecule has 0 aromatic heterocycles. The normalized spacial score (nSPS) is 19.0. The van der Waals surface area contributed by atoms with E-state index in [1.807, 2.05) is 0 Å². The highest BCUT2D eigenvalue weighted by Crippen LogP contribution is 2.05. The Morgan fingerprint density at radius 2 is 1.53 bits per heavy atom. The predicted octanol–water partition coefficient (Wildman–Crippen LogP) is -4.52. The first-order valence-corrected chi connectivity index (χ1v) is 3.99. The Labute approximate surface area is 84.6 Å². The monoisotopic (exact) mass is 223 g/mol. The molecule has 0 heterocycles. The molecule has 88 valence electrons. The molecule has 4 atom stereocenters. The van der Waals surface area contributed by atoms with Crippen LogP contribution in [0.2, 0.25) is 0 Å². The van der Waals surface area contributed by atoms with Gasteiger partial charge < -0.3 is 31.3 Å². The average molecular weight is 223 g/mol. The zero-order valence-corrected chi connectivity index (χ0v) is 7.65. The molecule has 8 nitrogen and oxygen atoms in total. The molecule has 15 heavy (non-hydrogen) atoms. The number of carbonyl (C=O) groups is 2. The van der Waals surface area contributed by atoms with E-state index < -0.39 is 42.7 Å². The van der Waals surface area contributed by atoms with E-state index in [1.54, 1.807) is 0 Å². The van der Waals surface area contributed by atoms with Crippen LogP contribution in [0.1, 0.15) is 0 Å². The maximum absolute atomic E-state index is 10.8. The highest BCUT2D eigenvalue weighted by atomic mass is 16.4. The third-order valence-corrected chi connectivity index (χ3v) is 1.77. The van der Waals surface area contributed by atoms with Crippen LogP contribution in [0.5, 0.6) is 0 Å². The minimum atomic E-state index is -2.24. The highest BCUT2D eigenvalue weighted by Gasteiger charge is 2.35. The van der Waals surface area contributed by atoms with Crippen molar-refractivity contribution in [1.29, 1.82) is 0 Å². The zero-order valence-electron chi connectivity index (χ0n) is 7.65.